The maximum Gasteiger partial charge on any atom is 0.125 e. The third-order valence-electron chi connectivity index (χ3n) is 5.66. The van der Waals surface area contributed by atoms with Crippen molar-refractivity contribution in [3.63, 3.8) is 0 Å². The van der Waals surface area contributed by atoms with Crippen molar-refractivity contribution < 1.29 is 4.74 Å². The van der Waals surface area contributed by atoms with E-state index in [9.17, 15) is 0 Å². The van der Waals surface area contributed by atoms with E-state index >= 15 is 0 Å². The molecule has 2 aliphatic rings. The first kappa shape index (κ1) is 15.6. The van der Waals surface area contributed by atoms with Crippen molar-refractivity contribution in [1.82, 2.24) is 14.9 Å². The fourth-order valence-electron chi connectivity index (χ4n) is 4.36. The zero-order valence-electron chi connectivity index (χ0n) is 15.0. The predicted molar refractivity (Wildman–Crippen MR) is 94.2 cm³/mol. The highest BCUT2D eigenvalue weighted by Gasteiger charge is 2.40. The Hall–Kier alpha value is -1.94. The second-order valence-corrected chi connectivity index (χ2v) is 7.19. The average Bonchev–Trinajstić information content (AvgIpc) is 2.83. The lowest BCUT2D eigenvalue weighted by Crippen LogP contribution is -2.37. The number of methoxy groups -OCH3 is 1. The molecule has 0 amide bonds. The van der Waals surface area contributed by atoms with E-state index < -0.39 is 0 Å². The van der Waals surface area contributed by atoms with E-state index in [0.717, 1.165) is 24.5 Å². The standard InChI is InChI=1S/C20H25N3O/c1-12-8-20(24-4)13(2)7-15(12)11-23-16-5-6-19(23)17-10-21-14(3)22-18(17)9-16/h7-8,10,16,19H,5-6,9,11H2,1-4H3/t16-,19-/m0/s1. The number of aromatic nitrogens is 2. The van der Waals surface area contributed by atoms with Gasteiger partial charge in [-0.1, -0.05) is 6.07 Å². The summed E-state index contributed by atoms with van der Waals surface area (Å²) >= 11 is 0. The Morgan fingerprint density at radius 2 is 2.00 bits per heavy atom. The molecule has 1 saturated heterocycles. The molecule has 1 aromatic carbocycles. The summed E-state index contributed by atoms with van der Waals surface area (Å²) in [6.07, 6.45) is 5.60. The largest absolute Gasteiger partial charge is 0.496 e. The van der Waals surface area contributed by atoms with Crippen LogP contribution < -0.4 is 4.74 Å². The lowest BCUT2D eigenvalue weighted by atomic mass is 9.97. The zero-order valence-corrected chi connectivity index (χ0v) is 15.0. The van der Waals surface area contributed by atoms with Crippen LogP contribution in [0.2, 0.25) is 0 Å². The number of hydrogen-bond donors (Lipinski definition) is 0. The van der Waals surface area contributed by atoms with Crippen LogP contribution >= 0.6 is 0 Å². The highest BCUT2D eigenvalue weighted by Crippen LogP contribution is 2.44. The van der Waals surface area contributed by atoms with E-state index in [1.54, 1.807) is 7.11 Å². The van der Waals surface area contributed by atoms with Gasteiger partial charge in [-0.2, -0.15) is 0 Å². The second kappa shape index (κ2) is 5.85. The van der Waals surface area contributed by atoms with Gasteiger partial charge in [0.15, 0.2) is 0 Å². The molecule has 2 bridgehead atoms. The Kier molecular flexibility index (Phi) is 3.80. The molecule has 0 spiro atoms. The van der Waals surface area contributed by atoms with Gasteiger partial charge in [0.05, 0.1) is 12.8 Å². The molecule has 0 saturated carbocycles. The fourth-order valence-corrected chi connectivity index (χ4v) is 4.36. The van der Waals surface area contributed by atoms with Gasteiger partial charge in [-0.05, 0) is 56.4 Å². The number of hydrogen-bond acceptors (Lipinski definition) is 4. The molecule has 0 N–H and O–H groups in total. The number of rotatable bonds is 3. The molecule has 24 heavy (non-hydrogen) atoms. The van der Waals surface area contributed by atoms with Gasteiger partial charge >= 0.3 is 0 Å². The number of ether oxygens (including phenoxy) is 1. The van der Waals surface area contributed by atoms with Crippen LogP contribution in [0.15, 0.2) is 18.3 Å². The van der Waals surface area contributed by atoms with E-state index in [1.807, 2.05) is 6.92 Å². The molecule has 0 unspecified atom stereocenters. The predicted octanol–water partition coefficient (Wildman–Crippen LogP) is 3.67. The quantitative estimate of drug-likeness (QED) is 0.864. The van der Waals surface area contributed by atoms with Gasteiger partial charge < -0.3 is 4.74 Å². The van der Waals surface area contributed by atoms with Crippen molar-refractivity contribution in [2.24, 2.45) is 0 Å². The van der Waals surface area contributed by atoms with Crippen molar-refractivity contribution in [3.8, 4) is 5.75 Å². The average molecular weight is 323 g/mol. The summed E-state index contributed by atoms with van der Waals surface area (Å²) in [4.78, 5) is 11.8. The highest BCUT2D eigenvalue weighted by atomic mass is 16.5. The van der Waals surface area contributed by atoms with Crippen LogP contribution in [-0.4, -0.2) is 28.0 Å². The summed E-state index contributed by atoms with van der Waals surface area (Å²) in [5.74, 6) is 1.87. The summed E-state index contributed by atoms with van der Waals surface area (Å²) in [5, 5.41) is 0. The molecule has 2 atom stereocenters. The van der Waals surface area contributed by atoms with Crippen LogP contribution in [-0.2, 0) is 13.0 Å². The molecule has 2 aliphatic heterocycles. The first-order chi connectivity index (χ1) is 11.6. The summed E-state index contributed by atoms with van der Waals surface area (Å²) in [6.45, 7) is 7.29. The SMILES string of the molecule is COc1cc(C)c(CN2[C@H]3CC[C@H]2c2cnc(C)nc2C3)cc1C. The van der Waals surface area contributed by atoms with Gasteiger partial charge in [0.2, 0.25) is 0 Å². The van der Waals surface area contributed by atoms with Crippen molar-refractivity contribution in [2.45, 2.75) is 58.7 Å². The Labute approximate surface area is 143 Å². The van der Waals surface area contributed by atoms with E-state index in [1.165, 1.54) is 40.8 Å². The molecule has 4 rings (SSSR count). The van der Waals surface area contributed by atoms with Crippen LogP contribution in [0, 0.1) is 20.8 Å². The summed E-state index contributed by atoms with van der Waals surface area (Å²) in [7, 11) is 1.74. The molecular weight excluding hydrogens is 298 g/mol. The lowest BCUT2D eigenvalue weighted by molar-refractivity contribution is 0.165. The van der Waals surface area contributed by atoms with E-state index in [-0.39, 0.29) is 0 Å². The third-order valence-corrected chi connectivity index (χ3v) is 5.66. The topological polar surface area (TPSA) is 38.2 Å². The summed E-state index contributed by atoms with van der Waals surface area (Å²) < 4.78 is 5.45. The smallest absolute Gasteiger partial charge is 0.125 e. The van der Waals surface area contributed by atoms with Crippen LogP contribution in [0.3, 0.4) is 0 Å². The number of aryl methyl sites for hydroxylation is 3. The number of fused-ring (bicyclic) bond motifs is 4. The molecule has 4 heteroatoms. The van der Waals surface area contributed by atoms with Crippen molar-refractivity contribution >= 4 is 0 Å². The normalized spacial score (nSPS) is 22.5. The van der Waals surface area contributed by atoms with Crippen molar-refractivity contribution in [2.75, 3.05) is 7.11 Å². The third kappa shape index (κ3) is 2.49. The van der Waals surface area contributed by atoms with Gasteiger partial charge in [0, 0.05) is 36.8 Å². The molecule has 0 aliphatic carbocycles. The summed E-state index contributed by atoms with van der Waals surface area (Å²) in [6, 6.07) is 5.53. The van der Waals surface area contributed by atoms with Gasteiger partial charge in [-0.25, -0.2) is 9.97 Å². The van der Waals surface area contributed by atoms with Gasteiger partial charge in [-0.15, -0.1) is 0 Å². The van der Waals surface area contributed by atoms with Crippen LogP contribution in [0.5, 0.6) is 5.75 Å². The van der Waals surface area contributed by atoms with Gasteiger partial charge in [0.25, 0.3) is 0 Å². The lowest BCUT2D eigenvalue weighted by Gasteiger charge is -2.36. The highest BCUT2D eigenvalue weighted by molar-refractivity contribution is 5.42. The first-order valence-corrected chi connectivity index (χ1v) is 8.79. The minimum absolute atomic E-state index is 0.473. The molecule has 4 nitrogen and oxygen atoms in total. The van der Waals surface area contributed by atoms with Crippen LogP contribution in [0.1, 0.15) is 52.7 Å². The molecule has 126 valence electrons. The Morgan fingerprint density at radius 1 is 1.17 bits per heavy atom. The molecule has 3 heterocycles. The summed E-state index contributed by atoms with van der Waals surface area (Å²) in [5.41, 5.74) is 6.54. The van der Waals surface area contributed by atoms with Crippen molar-refractivity contribution in [3.05, 3.63) is 52.1 Å². The molecule has 2 aromatic rings. The molecule has 0 radical (unpaired) electrons. The van der Waals surface area contributed by atoms with Gasteiger partial charge in [-0.3, -0.25) is 4.90 Å². The molecule has 1 aromatic heterocycles. The fraction of sp³-hybridized carbons (Fsp3) is 0.500. The number of benzene rings is 1. The minimum atomic E-state index is 0.473. The van der Waals surface area contributed by atoms with Crippen LogP contribution in [0.4, 0.5) is 0 Å². The molecule has 1 fully saturated rings. The van der Waals surface area contributed by atoms with Crippen LogP contribution in [0.25, 0.3) is 0 Å². The van der Waals surface area contributed by atoms with Crippen molar-refractivity contribution in [1.29, 1.82) is 0 Å². The van der Waals surface area contributed by atoms with E-state index in [2.05, 4.69) is 42.1 Å². The van der Waals surface area contributed by atoms with E-state index in [0.29, 0.717) is 12.1 Å². The maximum atomic E-state index is 5.45. The first-order valence-electron chi connectivity index (χ1n) is 8.79. The Morgan fingerprint density at radius 3 is 2.79 bits per heavy atom. The minimum Gasteiger partial charge on any atom is -0.496 e. The Bertz CT molecular complexity index is 787. The molecular formula is C20H25N3O. The second-order valence-electron chi connectivity index (χ2n) is 7.19. The van der Waals surface area contributed by atoms with Gasteiger partial charge in [0.1, 0.15) is 11.6 Å². The van der Waals surface area contributed by atoms with E-state index in [4.69, 9.17) is 9.72 Å². The maximum absolute atomic E-state index is 5.45. The number of nitrogens with zero attached hydrogens (tertiary/aromatic N) is 3. The Balaban J connectivity index is 1.65. The zero-order chi connectivity index (χ0) is 16.8. The monoisotopic (exact) mass is 323 g/mol.